The highest BCUT2D eigenvalue weighted by Gasteiger charge is 2.15. The molecule has 4 heteroatoms. The molecule has 1 heterocycles. The highest BCUT2D eigenvalue weighted by atomic mass is 16.5. The second kappa shape index (κ2) is 7.45. The summed E-state index contributed by atoms with van der Waals surface area (Å²) in [5, 5.41) is 7.87. The second-order valence-corrected chi connectivity index (χ2v) is 4.15. The molecule has 0 fully saturated rings. The lowest BCUT2D eigenvalue weighted by Gasteiger charge is -2.17. The van der Waals surface area contributed by atoms with Crippen molar-refractivity contribution in [3.8, 4) is 0 Å². The number of rotatable bonds is 8. The summed E-state index contributed by atoms with van der Waals surface area (Å²) in [6, 6.07) is 2.41. The van der Waals surface area contributed by atoms with Crippen LogP contribution in [0.25, 0.3) is 0 Å². The number of hydrogen-bond donors (Lipinski definition) is 1. The Morgan fingerprint density at radius 2 is 2.18 bits per heavy atom. The molecule has 0 bridgehead atoms. The number of ether oxygens (including phenoxy) is 1. The zero-order chi connectivity index (χ0) is 12.7. The van der Waals surface area contributed by atoms with E-state index in [1.807, 2.05) is 7.05 Å². The van der Waals surface area contributed by atoms with E-state index < -0.39 is 0 Å². The lowest BCUT2D eigenvalue weighted by molar-refractivity contribution is 0.111. The van der Waals surface area contributed by atoms with Gasteiger partial charge in [-0.3, -0.25) is 4.68 Å². The maximum atomic E-state index is 5.63. The summed E-state index contributed by atoms with van der Waals surface area (Å²) in [5.41, 5.74) is 2.38. The van der Waals surface area contributed by atoms with Crippen molar-refractivity contribution in [1.82, 2.24) is 15.1 Å². The van der Waals surface area contributed by atoms with Gasteiger partial charge in [-0.25, -0.2) is 0 Å². The molecule has 1 rings (SSSR count). The van der Waals surface area contributed by atoms with Crippen molar-refractivity contribution in [2.45, 2.75) is 46.2 Å². The molecule has 1 atom stereocenters. The Bertz CT molecular complexity index is 322. The van der Waals surface area contributed by atoms with Crippen molar-refractivity contribution in [2.75, 3.05) is 20.3 Å². The van der Waals surface area contributed by atoms with Gasteiger partial charge < -0.3 is 10.1 Å². The molecular weight excluding hydrogens is 214 g/mol. The molecule has 0 saturated heterocycles. The van der Waals surface area contributed by atoms with E-state index in [9.17, 15) is 0 Å². The molecule has 1 N–H and O–H groups in total. The average Bonchev–Trinajstić information content (AvgIpc) is 2.78. The first-order chi connectivity index (χ1) is 8.26. The maximum Gasteiger partial charge on any atom is 0.0727 e. The van der Waals surface area contributed by atoms with Gasteiger partial charge in [-0.05, 0) is 32.9 Å². The van der Waals surface area contributed by atoms with E-state index in [1.165, 1.54) is 5.69 Å². The van der Waals surface area contributed by atoms with Crippen LogP contribution in [-0.4, -0.2) is 30.0 Å². The first-order valence-corrected chi connectivity index (χ1v) is 6.58. The Morgan fingerprint density at radius 3 is 2.71 bits per heavy atom. The van der Waals surface area contributed by atoms with E-state index in [0.717, 1.165) is 31.7 Å². The highest BCUT2D eigenvalue weighted by Crippen LogP contribution is 2.15. The Balaban J connectivity index is 2.75. The van der Waals surface area contributed by atoms with Gasteiger partial charge in [0.15, 0.2) is 0 Å². The molecule has 0 aliphatic rings. The predicted molar refractivity (Wildman–Crippen MR) is 70.2 cm³/mol. The number of aromatic nitrogens is 2. The number of hydrogen-bond acceptors (Lipinski definition) is 3. The topological polar surface area (TPSA) is 39.1 Å². The molecule has 0 spiro atoms. The van der Waals surface area contributed by atoms with E-state index in [-0.39, 0.29) is 6.04 Å². The van der Waals surface area contributed by atoms with Crippen LogP contribution in [0.3, 0.4) is 0 Å². The number of aryl methyl sites for hydroxylation is 2. The Labute approximate surface area is 104 Å². The van der Waals surface area contributed by atoms with E-state index in [4.69, 9.17) is 4.74 Å². The van der Waals surface area contributed by atoms with Crippen LogP contribution in [0.5, 0.6) is 0 Å². The van der Waals surface area contributed by atoms with Crippen LogP contribution in [0.2, 0.25) is 0 Å². The third-order valence-corrected chi connectivity index (χ3v) is 2.86. The highest BCUT2D eigenvalue weighted by molar-refractivity contribution is 5.14. The Hall–Kier alpha value is -0.870. The fourth-order valence-corrected chi connectivity index (χ4v) is 1.86. The summed E-state index contributed by atoms with van der Waals surface area (Å²) in [6.45, 7) is 8.81. The molecule has 0 radical (unpaired) electrons. The second-order valence-electron chi connectivity index (χ2n) is 4.15. The Kier molecular flexibility index (Phi) is 6.22. The van der Waals surface area contributed by atoms with Gasteiger partial charge in [0.2, 0.25) is 0 Å². The molecule has 0 aromatic carbocycles. The summed E-state index contributed by atoms with van der Waals surface area (Å²) in [4.78, 5) is 0. The van der Waals surface area contributed by atoms with Gasteiger partial charge in [0, 0.05) is 13.2 Å². The van der Waals surface area contributed by atoms with E-state index in [1.54, 1.807) is 0 Å². The third-order valence-electron chi connectivity index (χ3n) is 2.86. The molecule has 0 saturated carbocycles. The summed E-state index contributed by atoms with van der Waals surface area (Å²) in [5.74, 6) is 0. The summed E-state index contributed by atoms with van der Waals surface area (Å²) >= 11 is 0. The van der Waals surface area contributed by atoms with Crippen molar-refractivity contribution in [3.63, 3.8) is 0 Å². The van der Waals surface area contributed by atoms with Gasteiger partial charge in [-0.15, -0.1) is 0 Å². The van der Waals surface area contributed by atoms with Crippen molar-refractivity contribution in [2.24, 2.45) is 0 Å². The van der Waals surface area contributed by atoms with Crippen molar-refractivity contribution < 1.29 is 4.74 Å². The predicted octanol–water partition coefficient (Wildman–Crippen LogP) is 2.15. The van der Waals surface area contributed by atoms with Crippen LogP contribution in [0.15, 0.2) is 6.07 Å². The fourth-order valence-electron chi connectivity index (χ4n) is 1.86. The van der Waals surface area contributed by atoms with Crippen LogP contribution in [0, 0.1) is 0 Å². The zero-order valence-corrected chi connectivity index (χ0v) is 11.5. The smallest absolute Gasteiger partial charge is 0.0727 e. The monoisotopic (exact) mass is 239 g/mol. The average molecular weight is 239 g/mol. The lowest BCUT2D eigenvalue weighted by Crippen LogP contribution is -2.25. The molecule has 1 aromatic heterocycles. The standard InChI is InChI=1S/C13H25N3O/c1-5-8-17-10-12(14-4)13-9-11(6-2)15-16(13)7-3/h9,12,14H,5-8,10H2,1-4H3. The fraction of sp³-hybridized carbons (Fsp3) is 0.769. The van der Waals surface area contributed by atoms with Crippen molar-refractivity contribution in [1.29, 1.82) is 0 Å². The lowest BCUT2D eigenvalue weighted by atomic mass is 10.2. The molecule has 0 aliphatic heterocycles. The molecule has 0 aliphatic carbocycles. The van der Waals surface area contributed by atoms with Crippen LogP contribution >= 0.6 is 0 Å². The van der Waals surface area contributed by atoms with Crippen LogP contribution in [0.4, 0.5) is 0 Å². The molecule has 98 valence electrons. The SMILES string of the molecule is CCCOCC(NC)c1cc(CC)nn1CC. The first-order valence-electron chi connectivity index (χ1n) is 6.58. The van der Waals surface area contributed by atoms with Crippen molar-refractivity contribution in [3.05, 3.63) is 17.5 Å². The number of nitrogens with one attached hydrogen (secondary N) is 1. The largest absolute Gasteiger partial charge is 0.379 e. The minimum atomic E-state index is 0.231. The minimum absolute atomic E-state index is 0.231. The van der Waals surface area contributed by atoms with Gasteiger partial charge in [0.1, 0.15) is 0 Å². The quantitative estimate of drug-likeness (QED) is 0.707. The maximum absolute atomic E-state index is 5.63. The van der Waals surface area contributed by atoms with Gasteiger partial charge in [-0.2, -0.15) is 5.10 Å². The normalized spacial score (nSPS) is 12.9. The van der Waals surface area contributed by atoms with Crippen molar-refractivity contribution >= 4 is 0 Å². The Morgan fingerprint density at radius 1 is 1.41 bits per heavy atom. The minimum Gasteiger partial charge on any atom is -0.379 e. The van der Waals surface area contributed by atoms with E-state index >= 15 is 0 Å². The van der Waals surface area contributed by atoms with Crippen LogP contribution < -0.4 is 5.32 Å². The zero-order valence-electron chi connectivity index (χ0n) is 11.5. The molecule has 4 nitrogen and oxygen atoms in total. The molecule has 17 heavy (non-hydrogen) atoms. The molecule has 1 aromatic rings. The first kappa shape index (κ1) is 14.2. The summed E-state index contributed by atoms with van der Waals surface area (Å²) in [7, 11) is 1.97. The molecular formula is C13H25N3O. The molecule has 0 amide bonds. The van der Waals surface area contributed by atoms with Gasteiger partial charge >= 0.3 is 0 Å². The van der Waals surface area contributed by atoms with Gasteiger partial charge in [0.05, 0.1) is 24.0 Å². The summed E-state index contributed by atoms with van der Waals surface area (Å²) < 4.78 is 7.69. The number of nitrogens with zero attached hydrogens (tertiary/aromatic N) is 2. The van der Waals surface area contributed by atoms with Crippen LogP contribution in [0.1, 0.15) is 44.6 Å². The summed E-state index contributed by atoms with van der Waals surface area (Å²) in [6.07, 6.45) is 2.04. The van der Waals surface area contributed by atoms with E-state index in [2.05, 4.69) is 41.9 Å². The molecule has 1 unspecified atom stereocenters. The third kappa shape index (κ3) is 3.82. The van der Waals surface area contributed by atoms with Crippen LogP contribution in [-0.2, 0) is 17.7 Å². The van der Waals surface area contributed by atoms with Gasteiger partial charge in [-0.1, -0.05) is 13.8 Å². The van der Waals surface area contributed by atoms with Gasteiger partial charge in [0.25, 0.3) is 0 Å². The van der Waals surface area contributed by atoms with E-state index in [0.29, 0.717) is 6.61 Å². The number of likely N-dealkylation sites (N-methyl/N-ethyl adjacent to an activating group) is 1.